The zero-order valence-corrected chi connectivity index (χ0v) is 17.0. The summed E-state index contributed by atoms with van der Waals surface area (Å²) in [5.41, 5.74) is 6.60. The molecule has 29 heavy (non-hydrogen) atoms. The number of para-hydroxylation sites is 1. The van der Waals surface area contributed by atoms with Gasteiger partial charge in [0.1, 0.15) is 5.75 Å². The minimum atomic E-state index is -0.780. The summed E-state index contributed by atoms with van der Waals surface area (Å²) in [5, 5.41) is 2.78. The lowest BCUT2D eigenvalue weighted by Gasteiger charge is -2.16. The fourth-order valence-electron chi connectivity index (χ4n) is 2.49. The van der Waals surface area contributed by atoms with Gasteiger partial charge in [-0.2, -0.15) is 0 Å². The predicted octanol–water partition coefficient (Wildman–Crippen LogP) is 3.35. The smallest absolute Gasteiger partial charge is 0.279 e. The topological polar surface area (TPSA) is 96.5 Å². The van der Waals surface area contributed by atoms with Crippen molar-refractivity contribution in [2.75, 3.05) is 5.32 Å². The number of rotatable bonds is 8. The molecule has 0 saturated carbocycles. The number of benzene rings is 2. The molecule has 2 aromatic rings. The van der Waals surface area contributed by atoms with E-state index in [4.69, 9.17) is 4.74 Å². The second-order valence-corrected chi connectivity index (χ2v) is 6.70. The fraction of sp³-hybridized carbons (Fsp3) is 0.318. The Hall–Kier alpha value is -3.35. The standard InChI is InChI=1S/C22H27N3O4/c1-4-5-10-20(26)23-18-13-11-17(12-14-18)22(28)25-24-21(27)16(3)29-19-9-7-6-8-15(19)2/h6-9,11-14,16H,4-5,10H2,1-3H3,(H,23,26)(H,24,27)(H,25,28). The van der Waals surface area contributed by atoms with Crippen LogP contribution >= 0.6 is 0 Å². The number of carbonyl (C=O) groups excluding carboxylic acids is 3. The molecular formula is C22H27N3O4. The van der Waals surface area contributed by atoms with Crippen LogP contribution in [0.25, 0.3) is 0 Å². The SMILES string of the molecule is CCCCC(=O)Nc1ccc(C(=O)NNC(=O)C(C)Oc2ccccc2C)cc1. The Morgan fingerprint density at radius 3 is 2.34 bits per heavy atom. The first-order valence-corrected chi connectivity index (χ1v) is 9.63. The third-order valence-electron chi connectivity index (χ3n) is 4.25. The number of unbranched alkanes of at least 4 members (excludes halogenated alkanes) is 1. The molecule has 0 heterocycles. The van der Waals surface area contributed by atoms with E-state index in [1.54, 1.807) is 37.3 Å². The molecule has 7 nitrogen and oxygen atoms in total. The van der Waals surface area contributed by atoms with Crippen LogP contribution in [0.4, 0.5) is 5.69 Å². The largest absolute Gasteiger partial charge is 0.481 e. The summed E-state index contributed by atoms with van der Waals surface area (Å²) >= 11 is 0. The maximum Gasteiger partial charge on any atom is 0.279 e. The zero-order valence-electron chi connectivity index (χ0n) is 17.0. The molecule has 0 spiro atoms. The van der Waals surface area contributed by atoms with Crippen molar-refractivity contribution < 1.29 is 19.1 Å². The third-order valence-corrected chi connectivity index (χ3v) is 4.25. The quantitative estimate of drug-likeness (QED) is 0.595. The molecule has 3 amide bonds. The molecule has 1 unspecified atom stereocenters. The Balaban J connectivity index is 1.82. The van der Waals surface area contributed by atoms with Gasteiger partial charge in [-0.3, -0.25) is 25.2 Å². The van der Waals surface area contributed by atoms with Gasteiger partial charge < -0.3 is 10.1 Å². The van der Waals surface area contributed by atoms with E-state index in [0.29, 0.717) is 23.4 Å². The third kappa shape index (κ3) is 6.95. The van der Waals surface area contributed by atoms with E-state index in [2.05, 4.69) is 16.2 Å². The van der Waals surface area contributed by atoms with Gasteiger partial charge in [-0.05, 0) is 56.2 Å². The van der Waals surface area contributed by atoms with Crippen molar-refractivity contribution in [1.82, 2.24) is 10.9 Å². The molecule has 2 aromatic carbocycles. The summed E-state index contributed by atoms with van der Waals surface area (Å²) in [7, 11) is 0. The number of nitrogens with one attached hydrogen (secondary N) is 3. The lowest BCUT2D eigenvalue weighted by atomic mass is 10.2. The molecule has 0 radical (unpaired) electrons. The van der Waals surface area contributed by atoms with Crippen LogP contribution in [0.2, 0.25) is 0 Å². The van der Waals surface area contributed by atoms with Gasteiger partial charge in [0.25, 0.3) is 11.8 Å². The highest BCUT2D eigenvalue weighted by Crippen LogP contribution is 2.17. The number of carbonyl (C=O) groups is 3. The van der Waals surface area contributed by atoms with Crippen molar-refractivity contribution in [3.63, 3.8) is 0 Å². The summed E-state index contributed by atoms with van der Waals surface area (Å²) in [6.07, 6.45) is 1.47. The van der Waals surface area contributed by atoms with Crippen molar-refractivity contribution in [3.05, 3.63) is 59.7 Å². The number of ether oxygens (including phenoxy) is 1. The summed E-state index contributed by atoms with van der Waals surface area (Å²) < 4.78 is 5.62. The van der Waals surface area contributed by atoms with Crippen LogP contribution in [0, 0.1) is 6.92 Å². The van der Waals surface area contributed by atoms with E-state index >= 15 is 0 Å². The molecule has 0 aliphatic heterocycles. The van der Waals surface area contributed by atoms with Gasteiger partial charge in [0.2, 0.25) is 5.91 Å². The van der Waals surface area contributed by atoms with Crippen molar-refractivity contribution in [2.45, 2.75) is 46.1 Å². The molecule has 0 aliphatic carbocycles. The van der Waals surface area contributed by atoms with Gasteiger partial charge in [-0.1, -0.05) is 31.5 Å². The molecule has 0 fully saturated rings. The Morgan fingerprint density at radius 2 is 1.69 bits per heavy atom. The average molecular weight is 397 g/mol. The maximum absolute atomic E-state index is 12.2. The molecule has 0 saturated heterocycles. The Morgan fingerprint density at radius 1 is 1.00 bits per heavy atom. The van der Waals surface area contributed by atoms with Gasteiger partial charge in [-0.15, -0.1) is 0 Å². The maximum atomic E-state index is 12.2. The molecule has 0 aliphatic rings. The van der Waals surface area contributed by atoms with Gasteiger partial charge in [0.05, 0.1) is 0 Å². The monoisotopic (exact) mass is 397 g/mol. The van der Waals surface area contributed by atoms with E-state index in [0.717, 1.165) is 18.4 Å². The lowest BCUT2D eigenvalue weighted by Crippen LogP contribution is -2.47. The van der Waals surface area contributed by atoms with Crippen LogP contribution in [0.5, 0.6) is 5.75 Å². The number of hydrogen-bond acceptors (Lipinski definition) is 4. The Bertz CT molecular complexity index is 849. The summed E-state index contributed by atoms with van der Waals surface area (Å²) in [6.45, 7) is 5.51. The molecule has 3 N–H and O–H groups in total. The molecule has 2 rings (SSSR count). The highest BCUT2D eigenvalue weighted by Gasteiger charge is 2.16. The van der Waals surface area contributed by atoms with Crippen LogP contribution in [-0.4, -0.2) is 23.8 Å². The number of amides is 3. The van der Waals surface area contributed by atoms with Crippen LogP contribution in [-0.2, 0) is 9.59 Å². The van der Waals surface area contributed by atoms with Crippen LogP contribution in [0.3, 0.4) is 0 Å². The Labute approximate surface area is 170 Å². The van der Waals surface area contributed by atoms with E-state index in [1.165, 1.54) is 0 Å². The Kier molecular flexibility index (Phi) is 8.21. The van der Waals surface area contributed by atoms with E-state index in [-0.39, 0.29) is 5.91 Å². The first-order valence-electron chi connectivity index (χ1n) is 9.63. The zero-order chi connectivity index (χ0) is 21.2. The van der Waals surface area contributed by atoms with E-state index in [1.807, 2.05) is 32.0 Å². The van der Waals surface area contributed by atoms with Crippen LogP contribution in [0.1, 0.15) is 49.0 Å². The van der Waals surface area contributed by atoms with Crippen molar-refractivity contribution in [2.24, 2.45) is 0 Å². The highest BCUT2D eigenvalue weighted by atomic mass is 16.5. The van der Waals surface area contributed by atoms with Crippen molar-refractivity contribution in [3.8, 4) is 5.75 Å². The second-order valence-electron chi connectivity index (χ2n) is 6.70. The van der Waals surface area contributed by atoms with Gasteiger partial charge in [-0.25, -0.2) is 0 Å². The van der Waals surface area contributed by atoms with Crippen LogP contribution < -0.4 is 20.9 Å². The molecule has 0 bridgehead atoms. The minimum Gasteiger partial charge on any atom is -0.481 e. The number of aryl methyl sites for hydroxylation is 1. The molecular weight excluding hydrogens is 370 g/mol. The number of hydrazine groups is 1. The summed E-state index contributed by atoms with van der Waals surface area (Å²) in [6, 6.07) is 13.8. The van der Waals surface area contributed by atoms with Crippen LogP contribution in [0.15, 0.2) is 48.5 Å². The second kappa shape index (κ2) is 10.8. The average Bonchev–Trinajstić information content (AvgIpc) is 2.72. The highest BCUT2D eigenvalue weighted by molar-refractivity contribution is 5.97. The lowest BCUT2D eigenvalue weighted by molar-refractivity contribution is -0.128. The first kappa shape index (κ1) is 21.9. The summed E-state index contributed by atoms with van der Waals surface area (Å²) in [4.78, 5) is 36.1. The first-order chi connectivity index (χ1) is 13.9. The molecule has 1 atom stereocenters. The summed E-state index contributed by atoms with van der Waals surface area (Å²) in [5.74, 6) is -0.385. The van der Waals surface area contributed by atoms with E-state index in [9.17, 15) is 14.4 Å². The van der Waals surface area contributed by atoms with Crippen molar-refractivity contribution >= 4 is 23.4 Å². The minimum absolute atomic E-state index is 0.0565. The molecule has 7 heteroatoms. The van der Waals surface area contributed by atoms with Crippen molar-refractivity contribution in [1.29, 1.82) is 0 Å². The number of hydrogen-bond donors (Lipinski definition) is 3. The molecule has 154 valence electrons. The fourth-order valence-corrected chi connectivity index (χ4v) is 2.49. The number of anilines is 1. The van der Waals surface area contributed by atoms with Gasteiger partial charge in [0, 0.05) is 17.7 Å². The van der Waals surface area contributed by atoms with Gasteiger partial charge >= 0.3 is 0 Å². The molecule has 0 aromatic heterocycles. The predicted molar refractivity (Wildman–Crippen MR) is 111 cm³/mol. The normalized spacial score (nSPS) is 11.3. The van der Waals surface area contributed by atoms with E-state index < -0.39 is 17.9 Å². The van der Waals surface area contributed by atoms with Gasteiger partial charge in [0.15, 0.2) is 6.10 Å².